The van der Waals surface area contributed by atoms with Gasteiger partial charge in [0.15, 0.2) is 0 Å². The molecular weight excluding hydrogens is 297 g/mol. The van der Waals surface area contributed by atoms with Crippen molar-refractivity contribution < 1.29 is 4.79 Å². The Morgan fingerprint density at radius 1 is 1.10 bits per heavy atom. The number of carbonyl (C=O) groups excluding carboxylic acids is 1. The van der Waals surface area contributed by atoms with E-state index in [0.717, 1.165) is 5.69 Å². The van der Waals surface area contributed by atoms with Crippen LogP contribution in [0.4, 0.5) is 17.1 Å². The quantitative estimate of drug-likeness (QED) is 0.758. The lowest BCUT2D eigenvalue weighted by Gasteiger charge is -2.11. The molecule has 0 aliphatic rings. The highest BCUT2D eigenvalue weighted by atomic mass is 35.5. The highest BCUT2D eigenvalue weighted by molar-refractivity contribution is 6.42. The molecule has 4 nitrogen and oxygen atoms in total. The van der Waals surface area contributed by atoms with Crippen LogP contribution in [0.1, 0.15) is 10.4 Å². The van der Waals surface area contributed by atoms with Gasteiger partial charge in [0.05, 0.1) is 21.4 Å². The molecule has 0 radical (unpaired) electrons. The molecule has 0 bridgehead atoms. The summed E-state index contributed by atoms with van der Waals surface area (Å²) in [6, 6.07) is 10.2. The summed E-state index contributed by atoms with van der Waals surface area (Å²) < 4.78 is 0. The normalized spacial score (nSPS) is 10.2. The fraction of sp³-hybridized carbons (Fsp3) is 0.0714. The van der Waals surface area contributed by atoms with Gasteiger partial charge in [-0.15, -0.1) is 0 Å². The SMILES string of the molecule is CNC(=O)c1ccc(N)c(Nc2ccc(Cl)c(Cl)c2)c1. The van der Waals surface area contributed by atoms with Crippen LogP contribution in [0.5, 0.6) is 0 Å². The molecule has 0 saturated carbocycles. The summed E-state index contributed by atoms with van der Waals surface area (Å²) in [5.74, 6) is -0.179. The first kappa shape index (κ1) is 14.5. The van der Waals surface area contributed by atoms with Crippen LogP contribution in [0.25, 0.3) is 0 Å². The summed E-state index contributed by atoms with van der Waals surface area (Å²) in [6.45, 7) is 0. The van der Waals surface area contributed by atoms with Gasteiger partial charge in [0, 0.05) is 18.3 Å². The second-order valence-electron chi connectivity index (χ2n) is 4.14. The molecule has 0 aliphatic carbocycles. The summed E-state index contributed by atoms with van der Waals surface area (Å²) in [5.41, 5.74) is 8.31. The van der Waals surface area contributed by atoms with Crippen molar-refractivity contribution in [3.63, 3.8) is 0 Å². The minimum atomic E-state index is -0.179. The Hall–Kier alpha value is -1.91. The van der Waals surface area contributed by atoms with Crippen molar-refractivity contribution in [3.8, 4) is 0 Å². The predicted octanol–water partition coefficient (Wildman–Crippen LogP) is 3.68. The first-order valence-electron chi connectivity index (χ1n) is 5.85. The molecule has 20 heavy (non-hydrogen) atoms. The summed E-state index contributed by atoms with van der Waals surface area (Å²) in [7, 11) is 1.57. The van der Waals surface area contributed by atoms with Crippen LogP contribution in [0.3, 0.4) is 0 Å². The second kappa shape index (κ2) is 6.03. The minimum Gasteiger partial charge on any atom is -0.397 e. The maximum atomic E-state index is 11.6. The monoisotopic (exact) mass is 309 g/mol. The zero-order valence-electron chi connectivity index (χ0n) is 10.7. The average molecular weight is 310 g/mol. The van der Waals surface area contributed by atoms with Crippen molar-refractivity contribution >= 4 is 46.2 Å². The summed E-state index contributed by atoms with van der Waals surface area (Å²) in [4.78, 5) is 11.6. The number of nitrogens with two attached hydrogens (primary N) is 1. The van der Waals surface area contributed by atoms with Crippen LogP contribution in [0.2, 0.25) is 10.0 Å². The maximum absolute atomic E-state index is 11.6. The Balaban J connectivity index is 2.32. The van der Waals surface area contributed by atoms with Gasteiger partial charge in [-0.05, 0) is 36.4 Å². The number of nitrogens with one attached hydrogen (secondary N) is 2. The third-order valence-electron chi connectivity index (χ3n) is 2.74. The molecule has 0 aliphatic heterocycles. The van der Waals surface area contributed by atoms with Gasteiger partial charge in [0.2, 0.25) is 0 Å². The van der Waals surface area contributed by atoms with E-state index in [4.69, 9.17) is 28.9 Å². The van der Waals surface area contributed by atoms with Gasteiger partial charge in [-0.1, -0.05) is 23.2 Å². The topological polar surface area (TPSA) is 67.2 Å². The largest absolute Gasteiger partial charge is 0.397 e. The van der Waals surface area contributed by atoms with Crippen LogP contribution in [0, 0.1) is 0 Å². The highest BCUT2D eigenvalue weighted by Crippen LogP contribution is 2.29. The van der Waals surface area contributed by atoms with Crippen LogP contribution in [-0.2, 0) is 0 Å². The number of anilines is 3. The Kier molecular flexibility index (Phi) is 4.37. The van der Waals surface area contributed by atoms with E-state index in [1.54, 1.807) is 43.4 Å². The van der Waals surface area contributed by atoms with Crippen molar-refractivity contribution in [2.24, 2.45) is 0 Å². The average Bonchev–Trinajstić information content (AvgIpc) is 2.44. The van der Waals surface area contributed by atoms with Gasteiger partial charge in [-0.3, -0.25) is 4.79 Å². The fourth-order valence-corrected chi connectivity index (χ4v) is 1.98. The molecule has 0 saturated heterocycles. The van der Waals surface area contributed by atoms with E-state index in [0.29, 0.717) is 27.0 Å². The lowest BCUT2D eigenvalue weighted by Crippen LogP contribution is -2.17. The van der Waals surface area contributed by atoms with Gasteiger partial charge in [0.1, 0.15) is 0 Å². The first-order valence-corrected chi connectivity index (χ1v) is 6.60. The second-order valence-corrected chi connectivity index (χ2v) is 4.95. The molecule has 2 rings (SSSR count). The molecule has 0 unspecified atom stereocenters. The van der Waals surface area contributed by atoms with Gasteiger partial charge in [-0.25, -0.2) is 0 Å². The third-order valence-corrected chi connectivity index (χ3v) is 3.48. The van der Waals surface area contributed by atoms with Gasteiger partial charge < -0.3 is 16.4 Å². The lowest BCUT2D eigenvalue weighted by atomic mass is 10.1. The van der Waals surface area contributed by atoms with Crippen molar-refractivity contribution in [2.45, 2.75) is 0 Å². The molecule has 4 N–H and O–H groups in total. The number of amides is 1. The van der Waals surface area contributed by atoms with Crippen molar-refractivity contribution in [1.82, 2.24) is 5.32 Å². The zero-order valence-corrected chi connectivity index (χ0v) is 12.2. The molecule has 0 atom stereocenters. The Morgan fingerprint density at radius 2 is 1.85 bits per heavy atom. The van der Waals surface area contributed by atoms with E-state index in [1.807, 2.05) is 0 Å². The number of nitrogen functional groups attached to an aromatic ring is 1. The molecule has 0 spiro atoms. The molecule has 1 amide bonds. The van der Waals surface area contributed by atoms with E-state index in [9.17, 15) is 4.79 Å². The summed E-state index contributed by atoms with van der Waals surface area (Å²) in [5, 5.41) is 6.59. The number of halogens is 2. The van der Waals surface area contributed by atoms with Crippen LogP contribution in [0.15, 0.2) is 36.4 Å². The standard InChI is InChI=1S/C14H13Cl2N3O/c1-18-14(20)8-2-5-12(17)13(6-8)19-9-3-4-10(15)11(16)7-9/h2-7,19H,17H2,1H3,(H,18,20). The molecule has 0 fully saturated rings. The molecule has 0 aromatic heterocycles. The molecule has 0 heterocycles. The van der Waals surface area contributed by atoms with Gasteiger partial charge in [-0.2, -0.15) is 0 Å². The Labute approximate surface area is 126 Å². The fourth-order valence-electron chi connectivity index (χ4n) is 1.68. The van der Waals surface area contributed by atoms with E-state index >= 15 is 0 Å². The Bertz CT molecular complexity index is 659. The number of rotatable bonds is 3. The third kappa shape index (κ3) is 3.15. The van der Waals surface area contributed by atoms with E-state index in [-0.39, 0.29) is 5.91 Å². The number of carbonyl (C=O) groups is 1. The van der Waals surface area contributed by atoms with Crippen LogP contribution in [-0.4, -0.2) is 13.0 Å². The maximum Gasteiger partial charge on any atom is 0.251 e. The minimum absolute atomic E-state index is 0.179. The predicted molar refractivity (Wildman–Crippen MR) is 84.0 cm³/mol. The summed E-state index contributed by atoms with van der Waals surface area (Å²) >= 11 is 11.8. The smallest absolute Gasteiger partial charge is 0.251 e. The number of hydrogen-bond acceptors (Lipinski definition) is 3. The molecule has 6 heteroatoms. The van der Waals surface area contributed by atoms with Crippen molar-refractivity contribution in [1.29, 1.82) is 0 Å². The van der Waals surface area contributed by atoms with Gasteiger partial charge in [0.25, 0.3) is 5.91 Å². The zero-order chi connectivity index (χ0) is 14.7. The van der Waals surface area contributed by atoms with Crippen LogP contribution < -0.4 is 16.4 Å². The lowest BCUT2D eigenvalue weighted by molar-refractivity contribution is 0.0963. The molecular formula is C14H13Cl2N3O. The van der Waals surface area contributed by atoms with Crippen LogP contribution >= 0.6 is 23.2 Å². The van der Waals surface area contributed by atoms with Crippen molar-refractivity contribution in [2.75, 3.05) is 18.1 Å². The molecule has 104 valence electrons. The van der Waals surface area contributed by atoms with Crippen molar-refractivity contribution in [3.05, 3.63) is 52.0 Å². The summed E-state index contributed by atoms with van der Waals surface area (Å²) in [6.07, 6.45) is 0. The first-order chi connectivity index (χ1) is 9.51. The van der Waals surface area contributed by atoms with E-state index in [2.05, 4.69) is 10.6 Å². The number of benzene rings is 2. The number of hydrogen-bond donors (Lipinski definition) is 3. The Morgan fingerprint density at radius 3 is 2.50 bits per heavy atom. The molecule has 2 aromatic carbocycles. The molecule has 2 aromatic rings. The van der Waals surface area contributed by atoms with E-state index in [1.165, 1.54) is 0 Å². The van der Waals surface area contributed by atoms with E-state index < -0.39 is 0 Å². The van der Waals surface area contributed by atoms with Gasteiger partial charge >= 0.3 is 0 Å². The highest BCUT2D eigenvalue weighted by Gasteiger charge is 2.08.